The van der Waals surface area contributed by atoms with E-state index in [4.69, 9.17) is 0 Å². The van der Waals surface area contributed by atoms with E-state index in [1.165, 1.54) is 44.9 Å². The predicted molar refractivity (Wildman–Crippen MR) is 132 cm³/mol. The van der Waals surface area contributed by atoms with E-state index in [1.54, 1.807) is 5.57 Å². The molecule has 2 nitrogen and oxygen atoms in total. The van der Waals surface area contributed by atoms with Gasteiger partial charge in [-0.2, -0.15) is 0 Å². The first kappa shape index (κ1) is 23.4. The first-order valence-electron chi connectivity index (χ1n) is 13.9. The largest absolute Gasteiger partial charge is 0.395 e. The van der Waals surface area contributed by atoms with E-state index in [2.05, 4.69) is 54.5 Å². The summed E-state index contributed by atoms with van der Waals surface area (Å²) >= 11 is 0. The van der Waals surface area contributed by atoms with Gasteiger partial charge in [0.1, 0.15) is 0 Å². The molecule has 0 aliphatic heterocycles. The van der Waals surface area contributed by atoms with Crippen molar-refractivity contribution in [3.63, 3.8) is 0 Å². The lowest BCUT2D eigenvalue weighted by atomic mass is 9.34. The zero-order chi connectivity index (χ0) is 23.3. The zero-order valence-corrected chi connectivity index (χ0v) is 22.0. The third-order valence-corrected chi connectivity index (χ3v) is 13.1. The lowest BCUT2D eigenvalue weighted by Crippen LogP contribution is -2.65. The molecule has 32 heavy (non-hydrogen) atoms. The highest BCUT2D eigenvalue weighted by molar-refractivity contribution is 5.35. The maximum absolute atomic E-state index is 11.3. The molecular weight excluding hydrogens is 392 g/mol. The van der Waals surface area contributed by atoms with Crippen LogP contribution in [-0.2, 0) is 0 Å². The van der Waals surface area contributed by atoms with Gasteiger partial charge >= 0.3 is 0 Å². The first-order chi connectivity index (χ1) is 14.9. The van der Waals surface area contributed by atoms with E-state index in [0.29, 0.717) is 29.8 Å². The van der Waals surface area contributed by atoms with Gasteiger partial charge in [-0.3, -0.25) is 0 Å². The minimum Gasteiger partial charge on any atom is -0.395 e. The molecule has 9 atom stereocenters. The van der Waals surface area contributed by atoms with Crippen LogP contribution in [-0.4, -0.2) is 22.9 Å². The van der Waals surface area contributed by atoms with E-state index in [9.17, 15) is 10.2 Å². The molecule has 4 fully saturated rings. The molecule has 0 amide bonds. The van der Waals surface area contributed by atoms with Crippen molar-refractivity contribution in [2.24, 2.45) is 56.7 Å². The fourth-order valence-corrected chi connectivity index (χ4v) is 11.1. The van der Waals surface area contributed by atoms with Gasteiger partial charge in [0.2, 0.25) is 0 Å². The Hall–Kier alpha value is -0.340. The molecule has 4 saturated carbocycles. The van der Waals surface area contributed by atoms with Gasteiger partial charge in [0.25, 0.3) is 0 Å². The molecule has 0 saturated heterocycles. The van der Waals surface area contributed by atoms with E-state index in [-0.39, 0.29) is 27.8 Å². The molecule has 0 unspecified atom stereocenters. The average molecular weight is 443 g/mol. The molecule has 0 aromatic heterocycles. The van der Waals surface area contributed by atoms with Gasteiger partial charge in [0.05, 0.1) is 12.7 Å². The van der Waals surface area contributed by atoms with Crippen molar-refractivity contribution in [3.8, 4) is 0 Å². The summed E-state index contributed by atoms with van der Waals surface area (Å²) in [4.78, 5) is 0. The van der Waals surface area contributed by atoms with Crippen LogP contribution in [0.5, 0.6) is 0 Å². The average Bonchev–Trinajstić information content (AvgIpc) is 3.08. The molecule has 182 valence electrons. The van der Waals surface area contributed by atoms with Crippen LogP contribution in [0.25, 0.3) is 0 Å². The van der Waals surface area contributed by atoms with Crippen molar-refractivity contribution in [1.29, 1.82) is 0 Å². The van der Waals surface area contributed by atoms with Crippen LogP contribution in [0, 0.1) is 56.7 Å². The second-order valence-electron chi connectivity index (χ2n) is 14.7. The SMILES string of the molecule is CC(C)[C@@H]1CC[C@]2(C)CC[C@]3(CO)C(=CC[C@H]4[C@@]5(C)CC[C@H](O)C(C)(C)[C@@H]5CC[C@]43C)[C@@H]12. The van der Waals surface area contributed by atoms with Crippen molar-refractivity contribution < 1.29 is 10.2 Å². The van der Waals surface area contributed by atoms with Crippen LogP contribution in [0.15, 0.2) is 11.6 Å². The van der Waals surface area contributed by atoms with Gasteiger partial charge in [-0.15, -0.1) is 0 Å². The number of rotatable bonds is 2. The number of allylic oxidation sites excluding steroid dienone is 1. The molecular formula is C30H50O2. The van der Waals surface area contributed by atoms with E-state index in [0.717, 1.165) is 24.7 Å². The van der Waals surface area contributed by atoms with Gasteiger partial charge in [0.15, 0.2) is 0 Å². The van der Waals surface area contributed by atoms with Gasteiger partial charge < -0.3 is 10.2 Å². The lowest BCUT2D eigenvalue weighted by Gasteiger charge is -2.71. The Labute approximate surface area is 197 Å². The maximum atomic E-state index is 11.3. The van der Waals surface area contributed by atoms with Gasteiger partial charge in [-0.25, -0.2) is 0 Å². The molecule has 5 aliphatic carbocycles. The highest BCUT2D eigenvalue weighted by Gasteiger charge is 2.69. The van der Waals surface area contributed by atoms with Crippen molar-refractivity contribution in [3.05, 3.63) is 11.6 Å². The predicted octanol–water partition coefficient (Wildman–Crippen LogP) is 7.00. The molecule has 0 aromatic carbocycles. The molecule has 0 spiro atoms. The Morgan fingerprint density at radius 3 is 2.28 bits per heavy atom. The number of fused-ring (bicyclic) bond motifs is 7. The summed E-state index contributed by atoms with van der Waals surface area (Å²) in [6.45, 7) is 17.6. The van der Waals surface area contributed by atoms with Crippen LogP contribution in [0.1, 0.15) is 106 Å². The standard InChI is InChI=1S/C30H50O2/c1-19(2)20-10-13-27(5)16-17-30(18-31)21(25(20)27)8-9-23-28(6)14-12-24(32)26(3,4)22(28)11-15-29(23,30)7/h8,19-20,22-25,31-32H,9-18H2,1-7H3/t20-,22-,23-,24-,25+,27+,28-,29+,30-/m0/s1. The Morgan fingerprint density at radius 2 is 1.62 bits per heavy atom. The second kappa shape index (κ2) is 7.09. The molecule has 0 heterocycles. The summed E-state index contributed by atoms with van der Waals surface area (Å²) < 4.78 is 0. The zero-order valence-electron chi connectivity index (χ0n) is 22.0. The number of hydrogen-bond donors (Lipinski definition) is 2. The molecule has 0 radical (unpaired) electrons. The first-order valence-corrected chi connectivity index (χ1v) is 13.9. The van der Waals surface area contributed by atoms with Crippen molar-refractivity contribution in [2.75, 3.05) is 6.61 Å². The topological polar surface area (TPSA) is 40.5 Å². The number of aliphatic hydroxyl groups excluding tert-OH is 2. The molecule has 0 aromatic rings. The van der Waals surface area contributed by atoms with E-state index < -0.39 is 0 Å². The Kier molecular flexibility index (Phi) is 5.19. The number of hydrogen-bond acceptors (Lipinski definition) is 2. The lowest BCUT2D eigenvalue weighted by molar-refractivity contribution is -0.210. The van der Waals surface area contributed by atoms with Gasteiger partial charge in [-0.1, -0.05) is 60.1 Å². The van der Waals surface area contributed by atoms with E-state index in [1.807, 2.05) is 0 Å². The second-order valence-corrected chi connectivity index (χ2v) is 14.7. The third kappa shape index (κ3) is 2.66. The molecule has 5 aliphatic rings. The summed E-state index contributed by atoms with van der Waals surface area (Å²) in [5.41, 5.74) is 2.49. The van der Waals surface area contributed by atoms with Crippen molar-refractivity contribution >= 4 is 0 Å². The fraction of sp³-hybridized carbons (Fsp3) is 0.933. The number of aliphatic hydroxyl groups is 2. The molecule has 2 N–H and O–H groups in total. The van der Waals surface area contributed by atoms with Crippen molar-refractivity contribution in [1.82, 2.24) is 0 Å². The van der Waals surface area contributed by atoms with Crippen molar-refractivity contribution in [2.45, 2.75) is 112 Å². The molecule has 2 heteroatoms. The third-order valence-electron chi connectivity index (χ3n) is 13.1. The normalized spacial score (nSPS) is 54.3. The van der Waals surface area contributed by atoms with Gasteiger partial charge in [0, 0.05) is 5.41 Å². The summed E-state index contributed by atoms with van der Waals surface area (Å²) in [6.07, 6.45) is 13.4. The van der Waals surface area contributed by atoms with Crippen LogP contribution in [0.2, 0.25) is 0 Å². The Balaban J connectivity index is 1.62. The van der Waals surface area contributed by atoms with Crippen LogP contribution >= 0.6 is 0 Å². The quantitative estimate of drug-likeness (QED) is 0.452. The van der Waals surface area contributed by atoms with Gasteiger partial charge in [-0.05, 0) is 109 Å². The monoisotopic (exact) mass is 442 g/mol. The smallest absolute Gasteiger partial charge is 0.0594 e. The minimum absolute atomic E-state index is 0.00989. The minimum atomic E-state index is -0.174. The molecule has 0 bridgehead atoms. The van der Waals surface area contributed by atoms with Crippen LogP contribution in [0.4, 0.5) is 0 Å². The summed E-state index contributed by atoms with van der Waals surface area (Å²) in [5, 5.41) is 22.1. The van der Waals surface area contributed by atoms with Crippen LogP contribution < -0.4 is 0 Å². The summed E-state index contributed by atoms with van der Waals surface area (Å²) in [6, 6.07) is 0. The highest BCUT2D eigenvalue weighted by atomic mass is 16.3. The highest BCUT2D eigenvalue weighted by Crippen LogP contribution is 2.76. The Bertz CT molecular complexity index is 797. The summed E-state index contributed by atoms with van der Waals surface area (Å²) in [7, 11) is 0. The fourth-order valence-electron chi connectivity index (χ4n) is 11.1. The van der Waals surface area contributed by atoms with Crippen LogP contribution in [0.3, 0.4) is 0 Å². The molecule has 5 rings (SSSR count). The Morgan fingerprint density at radius 1 is 0.906 bits per heavy atom. The maximum Gasteiger partial charge on any atom is 0.0594 e. The summed E-state index contributed by atoms with van der Waals surface area (Å²) in [5.74, 6) is 3.34. The van der Waals surface area contributed by atoms with E-state index >= 15 is 0 Å².